The molecule has 0 aliphatic rings. The van der Waals surface area contributed by atoms with Gasteiger partial charge in [-0.25, -0.2) is 0 Å². The van der Waals surface area contributed by atoms with Gasteiger partial charge in [-0.2, -0.15) is 0 Å². The second kappa shape index (κ2) is 8.51. The van der Waals surface area contributed by atoms with Crippen molar-refractivity contribution in [2.24, 2.45) is 5.92 Å². The van der Waals surface area contributed by atoms with Gasteiger partial charge in [0.1, 0.15) is 0 Å². The van der Waals surface area contributed by atoms with E-state index < -0.39 is 0 Å². The third kappa shape index (κ3) is 5.55. The molecule has 0 aliphatic heterocycles. The molecule has 1 heterocycles. The molecule has 1 rings (SSSR count). The van der Waals surface area contributed by atoms with Crippen LogP contribution in [0.25, 0.3) is 0 Å². The van der Waals surface area contributed by atoms with Gasteiger partial charge in [-0.3, -0.25) is 4.79 Å². The molecule has 0 unspecified atom stereocenters. The van der Waals surface area contributed by atoms with Crippen LogP contribution in [0.2, 0.25) is 0 Å². The van der Waals surface area contributed by atoms with Crippen molar-refractivity contribution >= 4 is 17.5 Å². The number of carbonyl (C=O) groups is 1. The van der Waals surface area contributed by atoms with Crippen LogP contribution in [0, 0.1) is 5.92 Å². The van der Waals surface area contributed by atoms with E-state index in [9.17, 15) is 4.79 Å². The highest BCUT2D eigenvalue weighted by molar-refractivity contribution is 5.89. The summed E-state index contributed by atoms with van der Waals surface area (Å²) in [5.74, 6) is 1.72. The molecule has 0 aliphatic carbocycles. The fourth-order valence-corrected chi connectivity index (χ4v) is 2.01. The number of aromatic nitrogens is 2. The number of nitrogens with zero attached hydrogens (tertiary/aromatic N) is 3. The number of hydrogen-bond donors (Lipinski definition) is 1. The van der Waals surface area contributed by atoms with E-state index in [1.165, 1.54) is 0 Å². The Hall–Kier alpha value is -1.65. The molecule has 0 spiro atoms. The lowest BCUT2D eigenvalue weighted by Gasteiger charge is -2.21. The number of hydrogen-bond acceptors (Lipinski definition) is 4. The summed E-state index contributed by atoms with van der Waals surface area (Å²) in [5, 5.41) is 11.1. The SMILES string of the molecule is CCCN(CCC)c1ccc(NC(=O)CC(C)C)nn1. The highest BCUT2D eigenvalue weighted by Crippen LogP contribution is 2.13. The quantitative estimate of drug-likeness (QED) is 0.794. The van der Waals surface area contributed by atoms with Gasteiger partial charge in [-0.1, -0.05) is 27.7 Å². The molecule has 20 heavy (non-hydrogen) atoms. The van der Waals surface area contributed by atoms with Crippen molar-refractivity contribution in [1.82, 2.24) is 10.2 Å². The molecular weight excluding hydrogens is 252 g/mol. The molecular formula is C15H26N4O. The average molecular weight is 278 g/mol. The highest BCUT2D eigenvalue weighted by Gasteiger charge is 2.09. The van der Waals surface area contributed by atoms with Gasteiger partial charge in [0.25, 0.3) is 0 Å². The molecule has 0 aromatic carbocycles. The Kier molecular flexibility index (Phi) is 6.98. The van der Waals surface area contributed by atoms with Gasteiger partial charge in [0, 0.05) is 19.5 Å². The van der Waals surface area contributed by atoms with Gasteiger partial charge >= 0.3 is 0 Å². The molecule has 5 heteroatoms. The van der Waals surface area contributed by atoms with E-state index in [-0.39, 0.29) is 5.91 Å². The van der Waals surface area contributed by atoms with Crippen molar-refractivity contribution in [3.63, 3.8) is 0 Å². The monoisotopic (exact) mass is 278 g/mol. The summed E-state index contributed by atoms with van der Waals surface area (Å²) < 4.78 is 0. The minimum absolute atomic E-state index is 0.0129. The first kappa shape index (κ1) is 16.4. The Morgan fingerprint density at radius 1 is 1.20 bits per heavy atom. The van der Waals surface area contributed by atoms with Crippen molar-refractivity contribution in [2.45, 2.75) is 47.0 Å². The van der Waals surface area contributed by atoms with Crippen molar-refractivity contribution < 1.29 is 4.79 Å². The van der Waals surface area contributed by atoms with Crippen molar-refractivity contribution in [3.8, 4) is 0 Å². The van der Waals surface area contributed by atoms with E-state index in [2.05, 4.69) is 34.3 Å². The van der Waals surface area contributed by atoms with E-state index in [0.717, 1.165) is 31.7 Å². The van der Waals surface area contributed by atoms with E-state index in [1.807, 2.05) is 26.0 Å². The summed E-state index contributed by atoms with van der Waals surface area (Å²) >= 11 is 0. The van der Waals surface area contributed by atoms with Gasteiger partial charge in [-0.05, 0) is 30.9 Å². The zero-order chi connectivity index (χ0) is 15.0. The maximum absolute atomic E-state index is 11.7. The van der Waals surface area contributed by atoms with E-state index in [0.29, 0.717) is 18.2 Å². The molecule has 1 aromatic heterocycles. The Bertz CT molecular complexity index is 397. The smallest absolute Gasteiger partial charge is 0.225 e. The van der Waals surface area contributed by atoms with Gasteiger partial charge in [0.05, 0.1) is 0 Å². The lowest BCUT2D eigenvalue weighted by atomic mass is 10.1. The van der Waals surface area contributed by atoms with Crippen LogP contribution < -0.4 is 10.2 Å². The van der Waals surface area contributed by atoms with Crippen LogP contribution in [0.15, 0.2) is 12.1 Å². The predicted molar refractivity (Wildman–Crippen MR) is 82.9 cm³/mol. The zero-order valence-electron chi connectivity index (χ0n) is 13.0. The molecule has 1 aromatic rings. The summed E-state index contributed by atoms with van der Waals surface area (Å²) in [6.07, 6.45) is 2.66. The van der Waals surface area contributed by atoms with Crippen LogP contribution >= 0.6 is 0 Å². The molecule has 0 saturated carbocycles. The Labute approximate surface area is 121 Å². The topological polar surface area (TPSA) is 58.1 Å². The molecule has 0 fully saturated rings. The summed E-state index contributed by atoms with van der Waals surface area (Å²) in [6.45, 7) is 10.3. The number of nitrogens with one attached hydrogen (secondary N) is 1. The summed E-state index contributed by atoms with van der Waals surface area (Å²) in [4.78, 5) is 13.9. The van der Waals surface area contributed by atoms with Gasteiger partial charge in [0.2, 0.25) is 5.91 Å². The Morgan fingerprint density at radius 3 is 2.30 bits per heavy atom. The van der Waals surface area contributed by atoms with Crippen LogP contribution in [-0.4, -0.2) is 29.2 Å². The fraction of sp³-hybridized carbons (Fsp3) is 0.667. The minimum Gasteiger partial charge on any atom is -0.355 e. The first-order valence-corrected chi connectivity index (χ1v) is 7.45. The summed E-state index contributed by atoms with van der Waals surface area (Å²) in [5.41, 5.74) is 0. The highest BCUT2D eigenvalue weighted by atomic mass is 16.1. The largest absolute Gasteiger partial charge is 0.355 e. The molecule has 0 saturated heterocycles. The molecule has 112 valence electrons. The van der Waals surface area contributed by atoms with Crippen LogP contribution in [0.5, 0.6) is 0 Å². The standard InChI is InChI=1S/C15H26N4O/c1-5-9-19(10-6-2)14-8-7-13(17-18-14)16-15(20)11-12(3)4/h7-8,12H,5-6,9-11H2,1-4H3,(H,16,17,20). The van der Waals surface area contributed by atoms with Gasteiger partial charge in [0.15, 0.2) is 11.6 Å². The average Bonchev–Trinajstić information content (AvgIpc) is 2.38. The van der Waals surface area contributed by atoms with Crippen LogP contribution in [0.1, 0.15) is 47.0 Å². The van der Waals surface area contributed by atoms with Crippen LogP contribution in [0.4, 0.5) is 11.6 Å². The summed E-state index contributed by atoms with van der Waals surface area (Å²) in [7, 11) is 0. The zero-order valence-corrected chi connectivity index (χ0v) is 13.0. The molecule has 0 atom stereocenters. The summed E-state index contributed by atoms with van der Waals surface area (Å²) in [6, 6.07) is 3.74. The number of rotatable bonds is 8. The third-order valence-electron chi connectivity index (χ3n) is 2.82. The Balaban J connectivity index is 2.64. The van der Waals surface area contributed by atoms with Crippen molar-refractivity contribution in [1.29, 1.82) is 0 Å². The van der Waals surface area contributed by atoms with E-state index in [1.54, 1.807) is 0 Å². The predicted octanol–water partition coefficient (Wildman–Crippen LogP) is 3.09. The Morgan fingerprint density at radius 2 is 1.85 bits per heavy atom. The van der Waals surface area contributed by atoms with Crippen molar-refractivity contribution in [2.75, 3.05) is 23.3 Å². The first-order chi connectivity index (χ1) is 9.56. The lowest BCUT2D eigenvalue weighted by molar-refractivity contribution is -0.116. The van der Waals surface area contributed by atoms with Gasteiger partial charge < -0.3 is 10.2 Å². The third-order valence-corrected chi connectivity index (χ3v) is 2.82. The van der Waals surface area contributed by atoms with Crippen molar-refractivity contribution in [3.05, 3.63) is 12.1 Å². The van der Waals surface area contributed by atoms with E-state index >= 15 is 0 Å². The second-order valence-corrected chi connectivity index (χ2v) is 5.41. The molecule has 1 amide bonds. The molecule has 5 nitrogen and oxygen atoms in total. The maximum atomic E-state index is 11.7. The van der Waals surface area contributed by atoms with Crippen LogP contribution in [-0.2, 0) is 4.79 Å². The normalized spacial score (nSPS) is 10.7. The first-order valence-electron chi connectivity index (χ1n) is 7.45. The number of carbonyl (C=O) groups excluding carboxylic acids is 1. The molecule has 0 bridgehead atoms. The van der Waals surface area contributed by atoms with E-state index in [4.69, 9.17) is 0 Å². The number of anilines is 2. The lowest BCUT2D eigenvalue weighted by Crippen LogP contribution is -2.26. The van der Waals surface area contributed by atoms with Gasteiger partial charge in [-0.15, -0.1) is 10.2 Å². The minimum atomic E-state index is -0.0129. The fourth-order valence-electron chi connectivity index (χ4n) is 2.01. The number of amides is 1. The second-order valence-electron chi connectivity index (χ2n) is 5.41. The molecule has 1 N–H and O–H groups in total. The van der Waals surface area contributed by atoms with Crippen LogP contribution in [0.3, 0.4) is 0 Å². The maximum Gasteiger partial charge on any atom is 0.225 e. The molecule has 0 radical (unpaired) electrons.